The van der Waals surface area contributed by atoms with Gasteiger partial charge in [-0.05, 0) is 42.8 Å². The number of para-hydroxylation sites is 1. The summed E-state index contributed by atoms with van der Waals surface area (Å²) in [7, 11) is 0. The van der Waals surface area contributed by atoms with E-state index in [9.17, 15) is 14.9 Å². The van der Waals surface area contributed by atoms with Crippen molar-refractivity contribution in [1.82, 2.24) is 0 Å². The molecule has 1 heterocycles. The van der Waals surface area contributed by atoms with Crippen molar-refractivity contribution in [2.45, 2.75) is 13.5 Å². The molecule has 0 aliphatic rings. The van der Waals surface area contributed by atoms with Crippen molar-refractivity contribution in [3.63, 3.8) is 0 Å². The number of hydrogen-bond acceptors (Lipinski definition) is 5. The van der Waals surface area contributed by atoms with Gasteiger partial charge in [-0.15, -0.1) is 0 Å². The Labute approximate surface area is 166 Å². The third-order valence-electron chi connectivity index (χ3n) is 4.57. The van der Waals surface area contributed by atoms with Crippen LogP contribution < -0.4 is 10.2 Å². The Bertz CT molecular complexity index is 1260. The van der Waals surface area contributed by atoms with E-state index in [1.165, 1.54) is 12.1 Å². The molecule has 1 aromatic heterocycles. The number of ether oxygens (including phenoxy) is 1. The van der Waals surface area contributed by atoms with Gasteiger partial charge >= 0.3 is 0 Å². The van der Waals surface area contributed by atoms with E-state index in [1.807, 2.05) is 37.3 Å². The van der Waals surface area contributed by atoms with Crippen molar-refractivity contribution in [3.8, 4) is 17.1 Å². The van der Waals surface area contributed by atoms with Crippen LogP contribution in [0.2, 0.25) is 0 Å². The molecule has 6 heteroatoms. The van der Waals surface area contributed by atoms with Gasteiger partial charge in [-0.25, -0.2) is 0 Å². The lowest BCUT2D eigenvalue weighted by Crippen LogP contribution is -2.10. The lowest BCUT2D eigenvalue weighted by Gasteiger charge is -2.12. The van der Waals surface area contributed by atoms with Crippen molar-refractivity contribution < 1.29 is 14.1 Å². The van der Waals surface area contributed by atoms with E-state index in [0.29, 0.717) is 22.3 Å². The van der Waals surface area contributed by atoms with Crippen molar-refractivity contribution in [2.24, 2.45) is 0 Å². The van der Waals surface area contributed by atoms with Crippen LogP contribution in [-0.4, -0.2) is 4.92 Å². The van der Waals surface area contributed by atoms with Crippen molar-refractivity contribution >= 4 is 16.7 Å². The number of benzene rings is 3. The third-order valence-corrected chi connectivity index (χ3v) is 4.57. The first-order chi connectivity index (χ1) is 14.0. The molecule has 144 valence electrons. The molecule has 0 saturated heterocycles. The average molecular weight is 387 g/mol. The Morgan fingerprint density at radius 3 is 2.48 bits per heavy atom. The fraction of sp³-hybridized carbons (Fsp3) is 0.0870. The number of nitro groups is 1. The highest BCUT2D eigenvalue weighted by molar-refractivity contribution is 5.82. The molecule has 0 saturated carbocycles. The van der Waals surface area contributed by atoms with E-state index >= 15 is 0 Å². The summed E-state index contributed by atoms with van der Waals surface area (Å²) in [5.41, 5.74) is 2.70. The number of nitro benzene ring substituents is 1. The standard InChI is InChI=1S/C23H17NO5/c1-15-5-4-6-17(13-15)22-23(21(25)19-7-2-3-8-20(19)29-22)28-14-16-9-11-18(12-10-16)24(26)27/h2-13H,14H2,1H3. The summed E-state index contributed by atoms with van der Waals surface area (Å²) in [4.78, 5) is 23.4. The maximum atomic E-state index is 13.1. The number of aryl methyl sites for hydroxylation is 1. The average Bonchev–Trinajstić information content (AvgIpc) is 2.73. The van der Waals surface area contributed by atoms with Gasteiger partial charge in [0.25, 0.3) is 5.69 Å². The van der Waals surface area contributed by atoms with Crippen LogP contribution in [0.3, 0.4) is 0 Å². The molecule has 0 spiro atoms. The highest BCUT2D eigenvalue weighted by Crippen LogP contribution is 2.31. The molecule has 3 aromatic carbocycles. The minimum Gasteiger partial charge on any atom is -0.481 e. The molecular weight excluding hydrogens is 370 g/mol. The first-order valence-electron chi connectivity index (χ1n) is 9.02. The van der Waals surface area contributed by atoms with Crippen LogP contribution in [0.5, 0.6) is 5.75 Å². The molecule has 29 heavy (non-hydrogen) atoms. The Kier molecular flexibility index (Phi) is 4.83. The summed E-state index contributed by atoms with van der Waals surface area (Å²) in [6.07, 6.45) is 0. The van der Waals surface area contributed by atoms with Gasteiger partial charge in [0, 0.05) is 17.7 Å². The van der Waals surface area contributed by atoms with E-state index in [2.05, 4.69) is 0 Å². The van der Waals surface area contributed by atoms with Crippen LogP contribution in [-0.2, 0) is 6.61 Å². The van der Waals surface area contributed by atoms with Crippen molar-refractivity contribution in [3.05, 3.63) is 104 Å². The monoisotopic (exact) mass is 387 g/mol. The van der Waals surface area contributed by atoms with E-state index in [-0.39, 0.29) is 23.5 Å². The summed E-state index contributed by atoms with van der Waals surface area (Å²) in [5, 5.41) is 11.2. The molecule has 0 unspecified atom stereocenters. The molecule has 0 fully saturated rings. The largest absolute Gasteiger partial charge is 0.481 e. The zero-order valence-corrected chi connectivity index (χ0v) is 15.6. The van der Waals surface area contributed by atoms with E-state index < -0.39 is 4.92 Å². The summed E-state index contributed by atoms with van der Waals surface area (Å²) in [5.74, 6) is 0.479. The van der Waals surface area contributed by atoms with Crippen molar-refractivity contribution in [1.29, 1.82) is 0 Å². The first kappa shape index (κ1) is 18.4. The predicted octanol–water partition coefficient (Wildman–Crippen LogP) is 5.26. The lowest BCUT2D eigenvalue weighted by atomic mass is 10.1. The SMILES string of the molecule is Cc1cccc(-c2oc3ccccc3c(=O)c2OCc2ccc([N+](=O)[O-])cc2)c1. The summed E-state index contributed by atoms with van der Waals surface area (Å²) < 4.78 is 11.9. The topological polar surface area (TPSA) is 82.6 Å². The Morgan fingerprint density at radius 1 is 1.00 bits per heavy atom. The van der Waals surface area contributed by atoms with Gasteiger partial charge in [0.1, 0.15) is 12.2 Å². The molecular formula is C23H17NO5. The molecule has 0 atom stereocenters. The minimum absolute atomic E-state index is 0.000538. The molecule has 6 nitrogen and oxygen atoms in total. The van der Waals surface area contributed by atoms with Gasteiger partial charge in [0.05, 0.1) is 10.3 Å². The molecule has 0 aliphatic heterocycles. The predicted molar refractivity (Wildman–Crippen MR) is 110 cm³/mol. The Balaban J connectivity index is 1.77. The van der Waals surface area contributed by atoms with Crippen LogP contribution in [0.4, 0.5) is 5.69 Å². The minimum atomic E-state index is -0.460. The number of non-ortho nitro benzene ring substituents is 1. The highest BCUT2D eigenvalue weighted by atomic mass is 16.6. The van der Waals surface area contributed by atoms with Crippen LogP contribution in [0, 0.1) is 17.0 Å². The normalized spacial score (nSPS) is 10.8. The zero-order chi connectivity index (χ0) is 20.4. The summed E-state index contributed by atoms with van der Waals surface area (Å²) in [6.45, 7) is 2.04. The van der Waals surface area contributed by atoms with E-state index in [0.717, 1.165) is 11.1 Å². The van der Waals surface area contributed by atoms with Crippen LogP contribution >= 0.6 is 0 Å². The zero-order valence-electron chi connectivity index (χ0n) is 15.6. The lowest BCUT2D eigenvalue weighted by molar-refractivity contribution is -0.384. The fourth-order valence-electron chi connectivity index (χ4n) is 3.10. The number of rotatable bonds is 5. The van der Waals surface area contributed by atoms with Crippen LogP contribution in [0.25, 0.3) is 22.3 Å². The number of hydrogen-bond donors (Lipinski definition) is 0. The molecule has 0 bridgehead atoms. The second kappa shape index (κ2) is 7.59. The van der Waals surface area contributed by atoms with Gasteiger partial charge in [-0.2, -0.15) is 0 Å². The van der Waals surface area contributed by atoms with Crippen LogP contribution in [0.1, 0.15) is 11.1 Å². The van der Waals surface area contributed by atoms with Crippen molar-refractivity contribution in [2.75, 3.05) is 0 Å². The maximum absolute atomic E-state index is 13.1. The molecule has 0 radical (unpaired) electrons. The quantitative estimate of drug-likeness (QED) is 0.345. The molecule has 4 aromatic rings. The van der Waals surface area contributed by atoms with Crippen LogP contribution in [0.15, 0.2) is 82.0 Å². The Morgan fingerprint density at radius 2 is 1.76 bits per heavy atom. The molecule has 0 amide bonds. The van der Waals surface area contributed by atoms with Gasteiger partial charge < -0.3 is 9.15 Å². The third kappa shape index (κ3) is 3.73. The molecule has 0 aliphatic carbocycles. The second-order valence-electron chi connectivity index (χ2n) is 6.67. The maximum Gasteiger partial charge on any atom is 0.269 e. The first-order valence-corrected chi connectivity index (χ1v) is 9.02. The van der Waals surface area contributed by atoms with Gasteiger partial charge in [-0.3, -0.25) is 14.9 Å². The smallest absolute Gasteiger partial charge is 0.269 e. The summed E-state index contributed by atoms with van der Waals surface area (Å²) in [6, 6.07) is 20.7. The van der Waals surface area contributed by atoms with Gasteiger partial charge in [-0.1, -0.05) is 35.9 Å². The number of fused-ring (bicyclic) bond motifs is 1. The molecule has 0 N–H and O–H groups in total. The fourth-order valence-corrected chi connectivity index (χ4v) is 3.10. The Hall–Kier alpha value is -3.93. The summed E-state index contributed by atoms with van der Waals surface area (Å²) >= 11 is 0. The van der Waals surface area contributed by atoms with E-state index in [4.69, 9.17) is 9.15 Å². The van der Waals surface area contributed by atoms with Gasteiger partial charge in [0.2, 0.25) is 11.2 Å². The molecule has 4 rings (SSSR count). The van der Waals surface area contributed by atoms with E-state index in [1.54, 1.807) is 30.3 Å². The highest BCUT2D eigenvalue weighted by Gasteiger charge is 2.18. The van der Waals surface area contributed by atoms with Gasteiger partial charge in [0.15, 0.2) is 5.76 Å². The second-order valence-corrected chi connectivity index (χ2v) is 6.67. The number of nitrogens with zero attached hydrogens (tertiary/aromatic N) is 1.